The third-order valence-corrected chi connectivity index (χ3v) is 6.03. The molecule has 3 aromatic rings. The van der Waals surface area contributed by atoms with Gasteiger partial charge >= 0.3 is 6.09 Å². The van der Waals surface area contributed by atoms with Gasteiger partial charge in [0.2, 0.25) is 0 Å². The van der Waals surface area contributed by atoms with Crippen molar-refractivity contribution in [3.8, 4) is 11.1 Å². The molecule has 33 heavy (non-hydrogen) atoms. The topological polar surface area (TPSA) is 102 Å². The molecule has 1 atom stereocenters. The van der Waals surface area contributed by atoms with Crippen molar-refractivity contribution in [1.29, 1.82) is 0 Å². The largest absolute Gasteiger partial charge is 0.443 e. The third kappa shape index (κ3) is 4.32. The van der Waals surface area contributed by atoms with Crippen LogP contribution in [-0.2, 0) is 11.2 Å². The Balaban J connectivity index is 1.89. The maximum absolute atomic E-state index is 15.4. The molecule has 1 amide bonds. The number of pyridine rings is 2. The second kappa shape index (κ2) is 8.43. The standard InChI is InChI=1S/C24H26ClFN4O3/c1-12-16(15-6-14-7-19(27)29-9-17(14)20(25)21(15)26)8-28-18-5-13(11-31)10-30(22(12)18)23(32)33-24(2,3)4/h6-9,13,31H,5,10-11H2,1-4H3,(H2,27,29). The van der Waals surface area contributed by atoms with Crippen LogP contribution in [0.15, 0.2) is 24.5 Å². The Kier molecular flexibility index (Phi) is 5.92. The Bertz CT molecular complexity index is 1260. The van der Waals surface area contributed by atoms with Gasteiger partial charge in [-0.15, -0.1) is 0 Å². The molecule has 1 aromatic carbocycles. The number of nitrogens with two attached hydrogens (primary N) is 1. The lowest BCUT2D eigenvalue weighted by Crippen LogP contribution is -2.44. The summed E-state index contributed by atoms with van der Waals surface area (Å²) in [6.07, 6.45) is 2.97. The average molecular weight is 473 g/mol. The summed E-state index contributed by atoms with van der Waals surface area (Å²) in [6.45, 7) is 7.35. The molecule has 0 bridgehead atoms. The highest BCUT2D eigenvalue weighted by atomic mass is 35.5. The van der Waals surface area contributed by atoms with E-state index in [9.17, 15) is 9.90 Å². The van der Waals surface area contributed by atoms with Crippen LogP contribution in [0.3, 0.4) is 0 Å². The lowest BCUT2D eigenvalue weighted by Gasteiger charge is -2.36. The van der Waals surface area contributed by atoms with Gasteiger partial charge in [0.05, 0.1) is 16.4 Å². The number of fused-ring (bicyclic) bond motifs is 2. The zero-order valence-electron chi connectivity index (χ0n) is 18.9. The van der Waals surface area contributed by atoms with Crippen LogP contribution < -0.4 is 10.6 Å². The van der Waals surface area contributed by atoms with Crippen molar-refractivity contribution in [3.63, 3.8) is 0 Å². The molecule has 3 heterocycles. The number of anilines is 2. The van der Waals surface area contributed by atoms with Crippen molar-refractivity contribution in [2.75, 3.05) is 23.8 Å². The second-order valence-electron chi connectivity index (χ2n) is 9.32. The van der Waals surface area contributed by atoms with Gasteiger partial charge in [0.25, 0.3) is 0 Å². The monoisotopic (exact) mass is 472 g/mol. The second-order valence-corrected chi connectivity index (χ2v) is 9.70. The molecule has 7 nitrogen and oxygen atoms in total. The molecule has 9 heteroatoms. The van der Waals surface area contributed by atoms with Gasteiger partial charge in [-0.25, -0.2) is 14.2 Å². The summed E-state index contributed by atoms with van der Waals surface area (Å²) in [5.74, 6) is -0.485. The first-order valence-electron chi connectivity index (χ1n) is 10.6. The van der Waals surface area contributed by atoms with Gasteiger partial charge in [0.1, 0.15) is 17.2 Å². The summed E-state index contributed by atoms with van der Waals surface area (Å²) >= 11 is 6.33. The average Bonchev–Trinajstić information content (AvgIpc) is 2.74. The molecule has 0 fully saturated rings. The summed E-state index contributed by atoms with van der Waals surface area (Å²) in [5, 5.41) is 10.8. The Labute approximate surface area is 196 Å². The maximum atomic E-state index is 15.4. The minimum Gasteiger partial charge on any atom is -0.443 e. The molecule has 1 aliphatic heterocycles. The molecule has 2 aromatic heterocycles. The fraction of sp³-hybridized carbons (Fsp3) is 0.375. The first-order chi connectivity index (χ1) is 15.5. The molecule has 1 unspecified atom stereocenters. The summed E-state index contributed by atoms with van der Waals surface area (Å²) in [6, 6.07) is 3.28. The number of aliphatic hydroxyl groups excluding tert-OH is 1. The number of rotatable bonds is 2. The van der Waals surface area contributed by atoms with Crippen LogP contribution in [0.2, 0.25) is 5.02 Å². The van der Waals surface area contributed by atoms with Crippen molar-refractivity contribution < 1.29 is 19.0 Å². The first kappa shape index (κ1) is 23.2. The van der Waals surface area contributed by atoms with Gasteiger partial charge in [-0.05, 0) is 57.2 Å². The molecule has 0 saturated heterocycles. The maximum Gasteiger partial charge on any atom is 0.414 e. The van der Waals surface area contributed by atoms with Crippen LogP contribution in [0.1, 0.15) is 32.0 Å². The smallest absolute Gasteiger partial charge is 0.414 e. The van der Waals surface area contributed by atoms with Crippen LogP contribution >= 0.6 is 11.6 Å². The van der Waals surface area contributed by atoms with Crippen LogP contribution in [0.5, 0.6) is 0 Å². The van der Waals surface area contributed by atoms with E-state index in [-0.39, 0.29) is 29.7 Å². The predicted molar refractivity (Wildman–Crippen MR) is 127 cm³/mol. The molecule has 0 saturated carbocycles. The molecule has 174 valence electrons. The van der Waals surface area contributed by atoms with Gasteiger partial charge in [-0.3, -0.25) is 9.88 Å². The number of carbonyl (C=O) groups excluding carboxylic acids is 1. The van der Waals surface area contributed by atoms with Crippen molar-refractivity contribution in [3.05, 3.63) is 46.6 Å². The van der Waals surface area contributed by atoms with E-state index in [1.165, 1.54) is 11.1 Å². The van der Waals surface area contributed by atoms with Crippen molar-refractivity contribution >= 4 is 40.0 Å². The number of aliphatic hydroxyl groups is 1. The highest BCUT2D eigenvalue weighted by Gasteiger charge is 2.34. The molecule has 0 aliphatic carbocycles. The van der Waals surface area contributed by atoms with E-state index in [0.29, 0.717) is 45.5 Å². The number of hydrogen-bond acceptors (Lipinski definition) is 6. The van der Waals surface area contributed by atoms with E-state index in [2.05, 4.69) is 9.97 Å². The normalized spacial score (nSPS) is 16.1. The van der Waals surface area contributed by atoms with E-state index in [1.807, 2.05) is 6.92 Å². The number of carbonyl (C=O) groups is 1. The van der Waals surface area contributed by atoms with Crippen molar-refractivity contribution in [1.82, 2.24) is 9.97 Å². The van der Waals surface area contributed by atoms with Gasteiger partial charge in [-0.1, -0.05) is 11.6 Å². The highest BCUT2D eigenvalue weighted by Crippen LogP contribution is 2.41. The number of halogens is 2. The van der Waals surface area contributed by atoms with Crippen LogP contribution in [-0.4, -0.2) is 39.9 Å². The number of nitrogens with zero attached hydrogens (tertiary/aromatic N) is 3. The number of nitrogen functional groups attached to an aromatic ring is 1. The molecule has 1 aliphatic rings. The fourth-order valence-electron chi connectivity index (χ4n) is 4.16. The lowest BCUT2D eigenvalue weighted by atomic mass is 9.91. The minimum atomic E-state index is -0.700. The SMILES string of the molecule is Cc1c(-c2cc3cc(N)ncc3c(Cl)c2F)cnc2c1N(C(=O)OC(C)(C)C)CC(CO)C2. The molecule has 0 spiro atoms. The van der Waals surface area contributed by atoms with Gasteiger partial charge in [-0.2, -0.15) is 0 Å². The van der Waals surface area contributed by atoms with E-state index >= 15 is 4.39 Å². The zero-order chi connectivity index (χ0) is 24.1. The molecule has 3 N–H and O–H groups in total. The van der Waals surface area contributed by atoms with E-state index in [1.54, 1.807) is 39.1 Å². The number of hydrogen-bond donors (Lipinski definition) is 2. The Morgan fingerprint density at radius 2 is 2.03 bits per heavy atom. The fourth-order valence-corrected chi connectivity index (χ4v) is 4.42. The van der Waals surface area contributed by atoms with Crippen LogP contribution in [0.4, 0.5) is 20.7 Å². The van der Waals surface area contributed by atoms with Gasteiger partial charge in [0, 0.05) is 48.0 Å². The number of amides is 1. The predicted octanol–water partition coefficient (Wildman–Crippen LogP) is 4.89. The third-order valence-electron chi connectivity index (χ3n) is 5.66. The van der Waals surface area contributed by atoms with Crippen LogP contribution in [0.25, 0.3) is 21.9 Å². The van der Waals surface area contributed by atoms with Crippen molar-refractivity contribution in [2.24, 2.45) is 5.92 Å². The Morgan fingerprint density at radius 1 is 1.30 bits per heavy atom. The van der Waals surface area contributed by atoms with Crippen molar-refractivity contribution in [2.45, 2.75) is 39.7 Å². The summed E-state index contributed by atoms with van der Waals surface area (Å²) in [5.41, 5.74) is 7.74. The quantitative estimate of drug-likeness (QED) is 0.550. The number of ether oxygens (including phenoxy) is 1. The molecule has 4 rings (SSSR count). The van der Waals surface area contributed by atoms with Gasteiger partial charge in [0.15, 0.2) is 0 Å². The molecule has 0 radical (unpaired) electrons. The van der Waals surface area contributed by atoms with E-state index in [0.717, 1.165) is 0 Å². The number of aromatic nitrogens is 2. The summed E-state index contributed by atoms with van der Waals surface area (Å²) in [4.78, 5) is 23.1. The van der Waals surface area contributed by atoms with Crippen LogP contribution in [0, 0.1) is 18.7 Å². The highest BCUT2D eigenvalue weighted by molar-refractivity contribution is 6.36. The first-order valence-corrected chi connectivity index (χ1v) is 11.0. The van der Waals surface area contributed by atoms with Gasteiger partial charge < -0.3 is 15.6 Å². The minimum absolute atomic E-state index is 0.0588. The van der Waals surface area contributed by atoms with E-state index in [4.69, 9.17) is 22.1 Å². The Morgan fingerprint density at radius 3 is 2.70 bits per heavy atom. The molecular weight excluding hydrogens is 447 g/mol. The van der Waals surface area contributed by atoms with E-state index < -0.39 is 17.5 Å². The number of benzene rings is 1. The lowest BCUT2D eigenvalue weighted by molar-refractivity contribution is 0.0565. The molecular formula is C24H26ClFN4O3. The summed E-state index contributed by atoms with van der Waals surface area (Å²) in [7, 11) is 0. The summed E-state index contributed by atoms with van der Waals surface area (Å²) < 4.78 is 21.0. The Hall–Kier alpha value is -2.97. The zero-order valence-corrected chi connectivity index (χ0v) is 19.7.